The van der Waals surface area contributed by atoms with Crippen LogP contribution in [0.5, 0.6) is 0 Å². The highest BCUT2D eigenvalue weighted by molar-refractivity contribution is 14.1. The molecule has 1 fully saturated rings. The molecule has 6 heteroatoms. The fraction of sp³-hybridized carbons (Fsp3) is 0.222. The van der Waals surface area contributed by atoms with Gasteiger partial charge in [0, 0.05) is 40.9 Å². The lowest BCUT2D eigenvalue weighted by Gasteiger charge is -2.35. The number of halogens is 2. The Balaban J connectivity index is 1.62. The minimum atomic E-state index is -0.362. The van der Waals surface area contributed by atoms with Gasteiger partial charge in [0.25, 0.3) is 11.8 Å². The number of hydrogen-bond donors (Lipinski definition) is 0. The van der Waals surface area contributed by atoms with Gasteiger partial charge in [0.2, 0.25) is 0 Å². The van der Waals surface area contributed by atoms with Crippen LogP contribution in [-0.4, -0.2) is 47.8 Å². The number of benzene rings is 2. The Hall–Kier alpha value is -1.96. The molecule has 1 heterocycles. The molecule has 24 heavy (non-hydrogen) atoms. The maximum Gasteiger partial charge on any atom is 0.254 e. The smallest absolute Gasteiger partial charge is 0.254 e. The van der Waals surface area contributed by atoms with Gasteiger partial charge in [-0.25, -0.2) is 4.39 Å². The zero-order valence-electron chi connectivity index (χ0n) is 12.9. The number of carbonyl (C=O) groups is 2. The number of rotatable bonds is 2. The number of piperazine rings is 1. The second kappa shape index (κ2) is 7.29. The number of nitrogens with zero attached hydrogens (tertiary/aromatic N) is 2. The van der Waals surface area contributed by atoms with Crippen LogP contribution in [0.25, 0.3) is 0 Å². The van der Waals surface area contributed by atoms with E-state index in [1.807, 2.05) is 18.2 Å². The van der Waals surface area contributed by atoms with Crippen molar-refractivity contribution in [2.75, 3.05) is 26.2 Å². The molecule has 1 aliphatic heterocycles. The van der Waals surface area contributed by atoms with Gasteiger partial charge in [-0.3, -0.25) is 9.59 Å². The van der Waals surface area contributed by atoms with Gasteiger partial charge in [-0.2, -0.15) is 0 Å². The molecule has 0 unspecified atom stereocenters. The number of amides is 2. The Morgan fingerprint density at radius 1 is 0.833 bits per heavy atom. The van der Waals surface area contributed by atoms with Crippen LogP contribution in [0.3, 0.4) is 0 Å². The van der Waals surface area contributed by atoms with E-state index in [1.165, 1.54) is 24.3 Å². The third-order valence-electron chi connectivity index (χ3n) is 4.02. The summed E-state index contributed by atoms with van der Waals surface area (Å²) < 4.78 is 14.0. The van der Waals surface area contributed by atoms with Gasteiger partial charge >= 0.3 is 0 Å². The molecule has 0 saturated carbocycles. The van der Waals surface area contributed by atoms with Gasteiger partial charge in [-0.1, -0.05) is 6.07 Å². The summed E-state index contributed by atoms with van der Waals surface area (Å²) in [5.74, 6) is -0.502. The largest absolute Gasteiger partial charge is 0.335 e. The van der Waals surface area contributed by atoms with Gasteiger partial charge in [-0.05, 0) is 65.1 Å². The van der Waals surface area contributed by atoms with Gasteiger partial charge < -0.3 is 9.80 Å². The first-order valence-electron chi connectivity index (χ1n) is 7.64. The summed E-state index contributed by atoms with van der Waals surface area (Å²) in [6, 6.07) is 13.0. The van der Waals surface area contributed by atoms with Crippen molar-refractivity contribution in [1.82, 2.24) is 9.80 Å². The third-order valence-corrected chi connectivity index (χ3v) is 4.69. The maximum absolute atomic E-state index is 13.0. The summed E-state index contributed by atoms with van der Waals surface area (Å²) in [5.41, 5.74) is 1.13. The summed E-state index contributed by atoms with van der Waals surface area (Å²) in [5, 5.41) is 0. The predicted molar refractivity (Wildman–Crippen MR) is 97.4 cm³/mol. The summed E-state index contributed by atoms with van der Waals surface area (Å²) >= 11 is 2.18. The molecule has 0 bridgehead atoms. The molecule has 124 valence electrons. The minimum Gasteiger partial charge on any atom is -0.335 e. The van der Waals surface area contributed by atoms with E-state index in [0.717, 1.165) is 3.57 Å². The quantitative estimate of drug-likeness (QED) is 0.677. The Kier molecular flexibility index (Phi) is 5.13. The van der Waals surface area contributed by atoms with Crippen LogP contribution >= 0.6 is 22.6 Å². The van der Waals surface area contributed by atoms with Crippen molar-refractivity contribution < 1.29 is 14.0 Å². The molecule has 2 amide bonds. The molecule has 4 nitrogen and oxygen atoms in total. The second-order valence-corrected chi connectivity index (χ2v) is 6.85. The lowest BCUT2D eigenvalue weighted by atomic mass is 10.1. The van der Waals surface area contributed by atoms with Crippen LogP contribution in [0.4, 0.5) is 4.39 Å². The van der Waals surface area contributed by atoms with Gasteiger partial charge in [-0.15, -0.1) is 0 Å². The Bertz CT molecular complexity index is 756. The van der Waals surface area contributed by atoms with E-state index in [1.54, 1.807) is 15.9 Å². The van der Waals surface area contributed by atoms with Crippen molar-refractivity contribution in [3.8, 4) is 0 Å². The zero-order chi connectivity index (χ0) is 17.1. The molecule has 2 aromatic rings. The van der Waals surface area contributed by atoms with Crippen LogP contribution < -0.4 is 0 Å². The fourth-order valence-electron chi connectivity index (χ4n) is 2.69. The van der Waals surface area contributed by atoms with Crippen molar-refractivity contribution in [2.24, 2.45) is 0 Å². The molecular formula is C18H16FIN2O2. The first-order chi connectivity index (χ1) is 11.5. The maximum atomic E-state index is 13.0. The first kappa shape index (κ1) is 16.9. The predicted octanol–water partition coefficient (Wildman–Crippen LogP) is 3.03. The van der Waals surface area contributed by atoms with E-state index in [2.05, 4.69) is 22.6 Å². The van der Waals surface area contributed by atoms with Crippen LogP contribution in [0, 0.1) is 9.39 Å². The van der Waals surface area contributed by atoms with Gasteiger partial charge in [0.05, 0.1) is 0 Å². The van der Waals surface area contributed by atoms with Crippen LogP contribution in [0.1, 0.15) is 20.7 Å². The second-order valence-electron chi connectivity index (χ2n) is 5.60. The molecule has 0 radical (unpaired) electrons. The van der Waals surface area contributed by atoms with Crippen molar-refractivity contribution in [3.05, 3.63) is 69.0 Å². The highest BCUT2D eigenvalue weighted by Gasteiger charge is 2.25. The van der Waals surface area contributed by atoms with Crippen molar-refractivity contribution in [2.45, 2.75) is 0 Å². The SMILES string of the molecule is O=C(c1ccc(F)cc1)N1CCN(C(=O)c2cccc(I)c2)CC1. The summed E-state index contributed by atoms with van der Waals surface area (Å²) in [6.07, 6.45) is 0. The first-order valence-corrected chi connectivity index (χ1v) is 8.72. The average molecular weight is 438 g/mol. The van der Waals surface area contributed by atoms with Gasteiger partial charge in [0.15, 0.2) is 0 Å². The zero-order valence-corrected chi connectivity index (χ0v) is 15.1. The van der Waals surface area contributed by atoms with Crippen LogP contribution in [-0.2, 0) is 0 Å². The van der Waals surface area contributed by atoms with Crippen LogP contribution in [0.2, 0.25) is 0 Å². The van der Waals surface area contributed by atoms with E-state index in [4.69, 9.17) is 0 Å². The molecule has 0 N–H and O–H groups in total. The molecule has 3 rings (SSSR count). The summed E-state index contributed by atoms with van der Waals surface area (Å²) in [4.78, 5) is 28.4. The van der Waals surface area contributed by atoms with E-state index in [-0.39, 0.29) is 17.6 Å². The Morgan fingerprint density at radius 2 is 1.38 bits per heavy atom. The highest BCUT2D eigenvalue weighted by Crippen LogP contribution is 2.14. The van der Waals surface area contributed by atoms with Crippen molar-refractivity contribution >= 4 is 34.4 Å². The summed E-state index contributed by atoms with van der Waals surface area (Å²) in [6.45, 7) is 1.95. The third kappa shape index (κ3) is 3.75. The van der Waals surface area contributed by atoms with E-state index in [0.29, 0.717) is 37.3 Å². The molecule has 0 aromatic heterocycles. The highest BCUT2D eigenvalue weighted by atomic mass is 127. The molecule has 0 aliphatic carbocycles. The van der Waals surface area contributed by atoms with Crippen molar-refractivity contribution in [3.63, 3.8) is 0 Å². The normalized spacial score (nSPS) is 14.6. The number of carbonyl (C=O) groups excluding carboxylic acids is 2. The molecule has 1 aliphatic rings. The van der Waals surface area contributed by atoms with E-state index in [9.17, 15) is 14.0 Å². The van der Waals surface area contributed by atoms with Crippen LogP contribution in [0.15, 0.2) is 48.5 Å². The molecular weight excluding hydrogens is 422 g/mol. The topological polar surface area (TPSA) is 40.6 Å². The lowest BCUT2D eigenvalue weighted by molar-refractivity contribution is 0.0535. The molecule has 0 spiro atoms. The Morgan fingerprint density at radius 3 is 1.92 bits per heavy atom. The minimum absolute atomic E-state index is 0.0117. The standard InChI is InChI=1S/C18H16FIN2O2/c19-15-6-4-13(5-7-15)17(23)21-8-10-22(11-9-21)18(24)14-2-1-3-16(20)12-14/h1-7,12H,8-11H2. The van der Waals surface area contributed by atoms with Crippen molar-refractivity contribution in [1.29, 1.82) is 0 Å². The number of hydrogen-bond acceptors (Lipinski definition) is 2. The average Bonchev–Trinajstić information content (AvgIpc) is 2.61. The van der Waals surface area contributed by atoms with Gasteiger partial charge in [0.1, 0.15) is 5.82 Å². The van der Waals surface area contributed by atoms with E-state index >= 15 is 0 Å². The molecule has 2 aromatic carbocycles. The molecule has 1 saturated heterocycles. The lowest BCUT2D eigenvalue weighted by Crippen LogP contribution is -2.50. The Labute approximate surface area is 153 Å². The monoisotopic (exact) mass is 438 g/mol. The fourth-order valence-corrected chi connectivity index (χ4v) is 3.23. The molecule has 0 atom stereocenters. The summed E-state index contributed by atoms with van der Waals surface area (Å²) in [7, 11) is 0. The van der Waals surface area contributed by atoms with E-state index < -0.39 is 0 Å².